The van der Waals surface area contributed by atoms with Gasteiger partial charge in [-0.15, -0.1) is 0 Å². The van der Waals surface area contributed by atoms with Crippen LogP contribution in [0.1, 0.15) is 78.2 Å². The van der Waals surface area contributed by atoms with Crippen molar-refractivity contribution in [2.24, 2.45) is 11.3 Å². The molecule has 0 heterocycles. The maximum absolute atomic E-state index is 12.0. The molecule has 0 amide bonds. The minimum Gasteiger partial charge on any atom is -0.490 e. The number of benzene rings is 2. The van der Waals surface area contributed by atoms with Crippen LogP contribution in [0, 0.1) is 21.4 Å². The third-order valence-electron chi connectivity index (χ3n) is 7.24. The van der Waals surface area contributed by atoms with Crippen molar-refractivity contribution in [1.82, 2.24) is 0 Å². The molecule has 1 N–H and O–H groups in total. The van der Waals surface area contributed by atoms with Gasteiger partial charge in [0.1, 0.15) is 5.75 Å². The number of hydrogen-bond acceptors (Lipinski definition) is 4. The van der Waals surface area contributed by atoms with Crippen molar-refractivity contribution in [3.8, 4) is 5.75 Å². The maximum Gasteiger partial charge on any atom is 0.303 e. The normalized spacial score (nSPS) is 21.1. The zero-order valence-electron chi connectivity index (χ0n) is 19.6. The molecule has 1 saturated carbocycles. The van der Waals surface area contributed by atoms with Gasteiger partial charge in [0, 0.05) is 23.3 Å². The summed E-state index contributed by atoms with van der Waals surface area (Å²) in [6.07, 6.45) is 4.67. The number of carboxylic acids is 1. The molecule has 2 aromatic rings. The number of nitrogens with zero attached hydrogens (tertiary/aromatic N) is 1. The number of rotatable bonds is 8. The van der Waals surface area contributed by atoms with E-state index in [2.05, 4.69) is 20.8 Å². The van der Waals surface area contributed by atoms with Crippen LogP contribution < -0.4 is 4.74 Å². The average Bonchev–Trinajstić information content (AvgIpc) is 2.74. The molecule has 0 spiro atoms. The molecule has 6 heteroatoms. The summed E-state index contributed by atoms with van der Waals surface area (Å²) in [6.45, 7) is 8.67. The van der Waals surface area contributed by atoms with Gasteiger partial charge in [0.05, 0.1) is 12.5 Å². The summed E-state index contributed by atoms with van der Waals surface area (Å²) in [4.78, 5) is 22.7. The molecule has 0 radical (unpaired) electrons. The first-order valence-corrected chi connectivity index (χ1v) is 11.6. The van der Waals surface area contributed by atoms with Crippen LogP contribution in [0.5, 0.6) is 5.75 Å². The van der Waals surface area contributed by atoms with Crippen molar-refractivity contribution >= 4 is 16.7 Å². The second-order valence-corrected chi connectivity index (χ2v) is 10.2. The lowest BCUT2D eigenvalue weighted by molar-refractivity contribution is -0.581. The summed E-state index contributed by atoms with van der Waals surface area (Å²) in [5.74, 6) is 0.536. The summed E-state index contributed by atoms with van der Waals surface area (Å²) in [5.41, 5.74) is -0.506. The van der Waals surface area contributed by atoms with Crippen LogP contribution in [-0.4, -0.2) is 22.1 Å². The number of ether oxygens (including phenoxy) is 1. The minimum atomic E-state index is -1.40. The van der Waals surface area contributed by atoms with E-state index in [1.165, 1.54) is 12.8 Å². The molecule has 0 saturated heterocycles. The van der Waals surface area contributed by atoms with Crippen molar-refractivity contribution in [3.05, 3.63) is 52.1 Å². The van der Waals surface area contributed by atoms with E-state index in [9.17, 15) is 14.9 Å². The first-order valence-electron chi connectivity index (χ1n) is 11.6. The van der Waals surface area contributed by atoms with Crippen molar-refractivity contribution < 1.29 is 19.6 Å². The zero-order valence-corrected chi connectivity index (χ0v) is 19.6. The average molecular weight is 442 g/mol. The van der Waals surface area contributed by atoms with Gasteiger partial charge < -0.3 is 9.84 Å². The molecule has 0 aromatic heterocycles. The monoisotopic (exact) mass is 441 g/mol. The largest absolute Gasteiger partial charge is 0.490 e. The molecule has 1 atom stereocenters. The lowest BCUT2D eigenvalue weighted by atomic mass is 9.72. The van der Waals surface area contributed by atoms with Crippen molar-refractivity contribution in [2.45, 2.75) is 84.3 Å². The molecule has 2 aromatic carbocycles. The number of carbonyl (C=O) groups is 1. The molecule has 1 aliphatic carbocycles. The fourth-order valence-electron chi connectivity index (χ4n) is 4.99. The summed E-state index contributed by atoms with van der Waals surface area (Å²) in [6, 6.07) is 11.3. The van der Waals surface area contributed by atoms with E-state index in [1.807, 2.05) is 30.3 Å². The van der Waals surface area contributed by atoms with Gasteiger partial charge in [0.15, 0.2) is 0 Å². The second-order valence-electron chi connectivity index (χ2n) is 10.2. The van der Waals surface area contributed by atoms with Crippen LogP contribution in [0.2, 0.25) is 0 Å². The van der Waals surface area contributed by atoms with E-state index in [4.69, 9.17) is 9.84 Å². The van der Waals surface area contributed by atoms with Crippen molar-refractivity contribution in [2.75, 3.05) is 0 Å². The number of aliphatic carboxylic acids is 1. The van der Waals surface area contributed by atoms with E-state index in [-0.39, 0.29) is 30.3 Å². The summed E-state index contributed by atoms with van der Waals surface area (Å²) < 4.78 is 6.27. The molecule has 0 bridgehead atoms. The highest BCUT2D eigenvalue weighted by Crippen LogP contribution is 2.39. The van der Waals surface area contributed by atoms with Crippen LogP contribution in [0.4, 0.5) is 0 Å². The van der Waals surface area contributed by atoms with E-state index >= 15 is 0 Å². The second kappa shape index (κ2) is 9.47. The van der Waals surface area contributed by atoms with Crippen LogP contribution >= 0.6 is 0 Å². The van der Waals surface area contributed by atoms with Gasteiger partial charge >= 0.3 is 5.97 Å². The quantitative estimate of drug-likeness (QED) is 0.369. The number of hydrogen-bond donors (Lipinski definition) is 1. The van der Waals surface area contributed by atoms with Crippen molar-refractivity contribution in [3.63, 3.8) is 0 Å². The molecule has 32 heavy (non-hydrogen) atoms. The van der Waals surface area contributed by atoms with E-state index < -0.39 is 11.5 Å². The lowest BCUT2D eigenvalue weighted by Crippen LogP contribution is -2.35. The Labute approximate surface area is 190 Å². The number of carboxylic acid groups (broad SMARTS) is 1. The molecule has 1 fully saturated rings. The Hall–Kier alpha value is -2.63. The highest BCUT2D eigenvalue weighted by Gasteiger charge is 2.43. The third kappa shape index (κ3) is 5.22. The molecule has 3 rings (SSSR count). The van der Waals surface area contributed by atoms with E-state index in [0.717, 1.165) is 35.3 Å². The predicted molar refractivity (Wildman–Crippen MR) is 126 cm³/mol. The summed E-state index contributed by atoms with van der Waals surface area (Å²) >= 11 is 0. The Balaban J connectivity index is 1.78. The third-order valence-corrected chi connectivity index (χ3v) is 7.24. The maximum atomic E-state index is 12.0. The summed E-state index contributed by atoms with van der Waals surface area (Å²) in [5, 5.41) is 22.9. The van der Waals surface area contributed by atoms with Gasteiger partial charge in [-0.1, -0.05) is 45.9 Å². The van der Waals surface area contributed by atoms with Gasteiger partial charge in [-0.2, -0.15) is 0 Å². The molecular weight excluding hydrogens is 406 g/mol. The van der Waals surface area contributed by atoms with Crippen LogP contribution in [0.15, 0.2) is 36.4 Å². The van der Waals surface area contributed by atoms with Gasteiger partial charge in [-0.05, 0) is 66.0 Å². The van der Waals surface area contributed by atoms with Gasteiger partial charge in [0.25, 0.3) is 0 Å². The Bertz CT molecular complexity index is 972. The zero-order chi connectivity index (χ0) is 23.5. The smallest absolute Gasteiger partial charge is 0.303 e. The van der Waals surface area contributed by atoms with E-state index in [0.29, 0.717) is 11.0 Å². The molecule has 0 aliphatic heterocycles. The molecule has 6 nitrogen and oxygen atoms in total. The Morgan fingerprint density at radius 1 is 1.09 bits per heavy atom. The highest BCUT2D eigenvalue weighted by atomic mass is 16.6. The molecule has 1 unspecified atom stereocenters. The number of fused-ring (bicyclic) bond motifs is 1. The predicted octanol–water partition coefficient (Wildman–Crippen LogP) is 6.57. The van der Waals surface area contributed by atoms with Crippen LogP contribution in [0.25, 0.3) is 10.8 Å². The highest BCUT2D eigenvalue weighted by molar-refractivity contribution is 5.84. The van der Waals surface area contributed by atoms with Gasteiger partial charge in [0.2, 0.25) is 5.54 Å². The molecule has 174 valence electrons. The standard InChI is InChI=1S/C26H35NO5/c1-5-26(27(30)31,15-14-24(28)29)21-8-6-19-17-23(11-7-18(19)16-21)32-22-12-9-20(10-13-22)25(2,3)4/h6-8,11,16-17,20,22H,5,9-10,12-15H2,1-4H3,(H,28,29). The topological polar surface area (TPSA) is 89.7 Å². The fourth-order valence-corrected chi connectivity index (χ4v) is 4.99. The van der Waals surface area contributed by atoms with Crippen molar-refractivity contribution in [1.29, 1.82) is 0 Å². The van der Waals surface area contributed by atoms with Gasteiger partial charge in [-0.25, -0.2) is 0 Å². The summed E-state index contributed by atoms with van der Waals surface area (Å²) in [7, 11) is 0. The lowest BCUT2D eigenvalue weighted by Gasteiger charge is -2.37. The first-order chi connectivity index (χ1) is 15.0. The van der Waals surface area contributed by atoms with E-state index in [1.54, 1.807) is 13.0 Å². The van der Waals surface area contributed by atoms with Crippen LogP contribution in [-0.2, 0) is 10.3 Å². The van der Waals surface area contributed by atoms with Crippen LogP contribution in [0.3, 0.4) is 0 Å². The molecule has 1 aliphatic rings. The minimum absolute atomic E-state index is 0.0320. The Morgan fingerprint density at radius 2 is 1.72 bits per heavy atom. The first kappa shape index (κ1) is 24.0. The Kier molecular flexibility index (Phi) is 7.11. The number of nitro groups is 1. The SMILES string of the molecule is CCC(CCC(=O)O)(c1ccc2cc(OC3CCC(C(C)(C)C)CC3)ccc2c1)[N+](=O)[O-]. The fraction of sp³-hybridized carbons (Fsp3) is 0.577. The molecular formula is C26H35NO5. The Morgan fingerprint density at radius 3 is 2.28 bits per heavy atom. The van der Waals surface area contributed by atoms with Gasteiger partial charge in [-0.3, -0.25) is 14.9 Å².